The second kappa shape index (κ2) is 8.51. The first-order valence-electron chi connectivity index (χ1n) is 8.80. The molecule has 2 aromatic rings. The summed E-state index contributed by atoms with van der Waals surface area (Å²) in [6.07, 6.45) is 1.45. The summed E-state index contributed by atoms with van der Waals surface area (Å²) >= 11 is 0. The maximum atomic E-state index is 12.9. The molecule has 3 rings (SSSR count). The number of rotatable bonds is 3. The molecule has 7 heteroatoms. The van der Waals surface area contributed by atoms with Gasteiger partial charge in [-0.2, -0.15) is 4.31 Å². The molecule has 1 aliphatic heterocycles. The maximum absolute atomic E-state index is 12.9. The first-order valence-corrected chi connectivity index (χ1v) is 10.2. The van der Waals surface area contributed by atoms with Gasteiger partial charge >= 0.3 is 0 Å². The predicted molar refractivity (Wildman–Crippen MR) is 101 cm³/mol. The standard InChI is InChI=1S/C17H20N2O4S.C2H6/c1-13-5-6-14(2)16(12-13)24(21,22)19-9-7-18(8-10-19)17(20)15-4-3-11-23-15;1-2/h3-6,11-12H,7-10H2,1-2H3;1-2H3. The Morgan fingerprint density at radius 3 is 2.27 bits per heavy atom. The summed E-state index contributed by atoms with van der Waals surface area (Å²) in [5.74, 6) is 0.0737. The minimum absolute atomic E-state index is 0.205. The van der Waals surface area contributed by atoms with Crippen molar-refractivity contribution in [3.63, 3.8) is 0 Å². The molecule has 0 spiro atoms. The van der Waals surface area contributed by atoms with E-state index in [-0.39, 0.29) is 24.8 Å². The monoisotopic (exact) mass is 378 g/mol. The molecule has 0 aliphatic carbocycles. The Hall–Kier alpha value is -2.12. The Balaban J connectivity index is 0.00000117. The molecular formula is C19H26N2O4S. The Morgan fingerprint density at radius 2 is 1.69 bits per heavy atom. The fourth-order valence-corrected chi connectivity index (χ4v) is 4.54. The van der Waals surface area contributed by atoms with Gasteiger partial charge in [0.15, 0.2) is 5.76 Å². The third-order valence-electron chi connectivity index (χ3n) is 4.22. The fourth-order valence-electron chi connectivity index (χ4n) is 2.81. The largest absolute Gasteiger partial charge is 0.459 e. The minimum Gasteiger partial charge on any atom is -0.459 e. The van der Waals surface area contributed by atoms with Crippen molar-refractivity contribution in [1.29, 1.82) is 0 Å². The van der Waals surface area contributed by atoms with Crippen LogP contribution in [0.15, 0.2) is 45.9 Å². The number of amides is 1. The summed E-state index contributed by atoms with van der Waals surface area (Å²) < 4.78 is 32.3. The number of benzene rings is 1. The number of carbonyl (C=O) groups is 1. The van der Waals surface area contributed by atoms with E-state index >= 15 is 0 Å². The Bertz CT molecular complexity index is 836. The van der Waals surface area contributed by atoms with Crippen LogP contribution in [0.3, 0.4) is 0 Å². The van der Waals surface area contributed by atoms with Crippen LogP contribution in [0.1, 0.15) is 35.5 Å². The third kappa shape index (κ3) is 4.16. The maximum Gasteiger partial charge on any atom is 0.289 e. The number of aryl methyl sites for hydroxylation is 2. The van der Waals surface area contributed by atoms with Crippen LogP contribution in [0.5, 0.6) is 0 Å². The van der Waals surface area contributed by atoms with Gasteiger partial charge in [-0.05, 0) is 43.2 Å². The molecule has 1 aliphatic rings. The van der Waals surface area contributed by atoms with E-state index < -0.39 is 10.0 Å². The van der Waals surface area contributed by atoms with Crippen molar-refractivity contribution in [2.45, 2.75) is 32.6 Å². The van der Waals surface area contributed by atoms with Crippen molar-refractivity contribution >= 4 is 15.9 Å². The smallest absolute Gasteiger partial charge is 0.289 e. The van der Waals surface area contributed by atoms with E-state index in [1.54, 1.807) is 30.0 Å². The van der Waals surface area contributed by atoms with Gasteiger partial charge in [0.05, 0.1) is 11.2 Å². The summed E-state index contributed by atoms with van der Waals surface area (Å²) in [5.41, 5.74) is 1.64. The molecule has 1 saturated heterocycles. The van der Waals surface area contributed by atoms with Crippen LogP contribution < -0.4 is 0 Å². The van der Waals surface area contributed by atoms with E-state index in [2.05, 4.69) is 0 Å². The molecule has 26 heavy (non-hydrogen) atoms. The van der Waals surface area contributed by atoms with Gasteiger partial charge in [0.25, 0.3) is 5.91 Å². The number of nitrogens with zero attached hydrogens (tertiary/aromatic N) is 2. The summed E-state index contributed by atoms with van der Waals surface area (Å²) in [5, 5.41) is 0. The molecule has 6 nitrogen and oxygen atoms in total. The van der Waals surface area contributed by atoms with Crippen LogP contribution in [0.25, 0.3) is 0 Å². The van der Waals surface area contributed by atoms with Crippen LogP contribution >= 0.6 is 0 Å². The van der Waals surface area contributed by atoms with Crippen LogP contribution in [0.2, 0.25) is 0 Å². The van der Waals surface area contributed by atoms with E-state index in [0.29, 0.717) is 18.0 Å². The summed E-state index contributed by atoms with van der Waals surface area (Å²) in [6, 6.07) is 8.69. The Kier molecular flexibility index (Phi) is 6.61. The number of carbonyl (C=O) groups excluding carboxylic acids is 1. The Labute approximate surface area is 155 Å². The zero-order chi connectivity index (χ0) is 19.3. The van der Waals surface area contributed by atoms with Crippen molar-refractivity contribution in [2.24, 2.45) is 0 Å². The zero-order valence-corrected chi connectivity index (χ0v) is 16.5. The number of furan rings is 1. The highest BCUT2D eigenvalue weighted by molar-refractivity contribution is 7.89. The average molecular weight is 378 g/mol. The molecule has 1 aromatic heterocycles. The van der Waals surface area contributed by atoms with Crippen molar-refractivity contribution in [2.75, 3.05) is 26.2 Å². The lowest BCUT2D eigenvalue weighted by atomic mass is 10.2. The summed E-state index contributed by atoms with van der Waals surface area (Å²) in [4.78, 5) is 14.2. The lowest BCUT2D eigenvalue weighted by Crippen LogP contribution is -2.50. The van der Waals surface area contributed by atoms with Gasteiger partial charge in [-0.1, -0.05) is 26.0 Å². The van der Waals surface area contributed by atoms with E-state index in [1.165, 1.54) is 10.6 Å². The normalized spacial score (nSPS) is 15.3. The van der Waals surface area contributed by atoms with Crippen LogP contribution in [-0.4, -0.2) is 49.7 Å². The van der Waals surface area contributed by atoms with Gasteiger partial charge in [0.2, 0.25) is 10.0 Å². The molecule has 0 bridgehead atoms. The van der Waals surface area contributed by atoms with Crippen LogP contribution in [0.4, 0.5) is 0 Å². The molecule has 2 heterocycles. The molecule has 0 radical (unpaired) electrons. The van der Waals surface area contributed by atoms with E-state index in [1.807, 2.05) is 32.9 Å². The van der Waals surface area contributed by atoms with Crippen molar-refractivity contribution < 1.29 is 17.6 Å². The lowest BCUT2D eigenvalue weighted by Gasteiger charge is -2.33. The SMILES string of the molecule is CC.Cc1ccc(C)c(S(=O)(=O)N2CCN(C(=O)c3ccco3)CC2)c1. The average Bonchev–Trinajstić information content (AvgIpc) is 3.19. The molecule has 142 valence electrons. The van der Waals surface area contributed by atoms with Crippen molar-refractivity contribution in [3.8, 4) is 0 Å². The number of piperazine rings is 1. The van der Waals surface area contributed by atoms with E-state index in [4.69, 9.17) is 4.42 Å². The summed E-state index contributed by atoms with van der Waals surface area (Å²) in [6.45, 7) is 8.93. The molecule has 0 N–H and O–H groups in total. The Morgan fingerprint density at radius 1 is 1.04 bits per heavy atom. The van der Waals surface area contributed by atoms with Gasteiger partial charge in [0.1, 0.15) is 0 Å². The molecule has 0 saturated carbocycles. The molecular weight excluding hydrogens is 352 g/mol. The van der Waals surface area contributed by atoms with Gasteiger partial charge in [-0.3, -0.25) is 4.79 Å². The van der Waals surface area contributed by atoms with Crippen LogP contribution in [-0.2, 0) is 10.0 Å². The van der Waals surface area contributed by atoms with Gasteiger partial charge in [-0.15, -0.1) is 0 Å². The number of hydrogen-bond acceptors (Lipinski definition) is 4. The first kappa shape index (κ1) is 20.2. The van der Waals surface area contributed by atoms with Crippen LogP contribution in [0, 0.1) is 13.8 Å². The molecule has 0 atom stereocenters. The third-order valence-corrected chi connectivity index (χ3v) is 6.26. The predicted octanol–water partition coefficient (Wildman–Crippen LogP) is 3.07. The quantitative estimate of drug-likeness (QED) is 0.823. The van der Waals surface area contributed by atoms with Crippen molar-refractivity contribution in [3.05, 3.63) is 53.5 Å². The summed E-state index contributed by atoms with van der Waals surface area (Å²) in [7, 11) is -3.55. The molecule has 1 aromatic carbocycles. The van der Waals surface area contributed by atoms with E-state index in [9.17, 15) is 13.2 Å². The number of sulfonamides is 1. The highest BCUT2D eigenvalue weighted by atomic mass is 32.2. The fraction of sp³-hybridized carbons (Fsp3) is 0.421. The first-order chi connectivity index (χ1) is 12.4. The molecule has 1 amide bonds. The second-order valence-corrected chi connectivity index (χ2v) is 7.85. The van der Waals surface area contributed by atoms with Gasteiger partial charge < -0.3 is 9.32 Å². The van der Waals surface area contributed by atoms with Crippen molar-refractivity contribution in [1.82, 2.24) is 9.21 Å². The van der Waals surface area contributed by atoms with Gasteiger partial charge in [0, 0.05) is 26.2 Å². The minimum atomic E-state index is -3.55. The zero-order valence-electron chi connectivity index (χ0n) is 15.7. The highest BCUT2D eigenvalue weighted by Crippen LogP contribution is 2.22. The lowest BCUT2D eigenvalue weighted by molar-refractivity contribution is 0.0666. The van der Waals surface area contributed by atoms with E-state index in [0.717, 1.165) is 11.1 Å². The van der Waals surface area contributed by atoms with Gasteiger partial charge in [-0.25, -0.2) is 8.42 Å². The number of hydrogen-bond donors (Lipinski definition) is 0. The topological polar surface area (TPSA) is 70.8 Å². The second-order valence-electron chi connectivity index (χ2n) is 5.94. The molecule has 0 unspecified atom stereocenters. The highest BCUT2D eigenvalue weighted by Gasteiger charge is 2.31. The molecule has 1 fully saturated rings.